The normalized spacial score (nSPS) is 14.8. The maximum Gasteiger partial charge on any atom is 0.443 e. The Hall–Kier alpha value is -1.73. The number of aromatic nitrogens is 1. The highest BCUT2D eigenvalue weighted by Gasteiger charge is 2.35. The first-order valence-corrected chi connectivity index (χ1v) is 7.17. The van der Waals surface area contributed by atoms with Crippen LogP contribution < -0.4 is 5.32 Å². The van der Waals surface area contributed by atoms with Crippen molar-refractivity contribution in [2.45, 2.75) is 19.1 Å². The van der Waals surface area contributed by atoms with Crippen LogP contribution in [0.3, 0.4) is 0 Å². The van der Waals surface area contributed by atoms with Crippen LogP contribution in [0.15, 0.2) is 24.4 Å². The number of carbonyl (C=O) groups is 1. The van der Waals surface area contributed by atoms with E-state index in [-0.39, 0.29) is 10.7 Å². The van der Waals surface area contributed by atoms with Crippen molar-refractivity contribution < 1.29 is 18.0 Å². The minimum absolute atomic E-state index is 0.0225. The molecule has 1 aromatic carbocycles. The van der Waals surface area contributed by atoms with Gasteiger partial charge in [0, 0.05) is 18.3 Å². The predicted molar refractivity (Wildman–Crippen MR) is 72.4 cm³/mol. The van der Waals surface area contributed by atoms with Gasteiger partial charge in [0.05, 0.1) is 4.88 Å². The minimum Gasteiger partial charge on any atom is -0.312 e. The maximum absolute atomic E-state index is 12.6. The highest BCUT2D eigenvalue weighted by molar-refractivity contribution is 7.14. The molecule has 110 valence electrons. The number of alkyl halides is 3. The molecule has 21 heavy (non-hydrogen) atoms. The Bertz CT molecular complexity index is 694. The predicted octanol–water partition coefficient (Wildman–Crippen LogP) is 3.04. The number of fused-ring (bicyclic) bond motifs is 1. The van der Waals surface area contributed by atoms with Crippen LogP contribution in [0.4, 0.5) is 13.2 Å². The molecule has 0 atom stereocenters. The number of rotatable bonds is 2. The van der Waals surface area contributed by atoms with Gasteiger partial charge < -0.3 is 5.32 Å². The number of nitrogens with zero attached hydrogens (tertiary/aromatic N) is 1. The molecule has 0 spiro atoms. The molecule has 1 N–H and O–H groups in total. The van der Waals surface area contributed by atoms with Crippen molar-refractivity contribution >= 4 is 17.1 Å². The van der Waals surface area contributed by atoms with E-state index in [0.29, 0.717) is 29.9 Å². The molecule has 3 nitrogen and oxygen atoms in total. The second-order valence-corrected chi connectivity index (χ2v) is 5.76. The van der Waals surface area contributed by atoms with E-state index in [2.05, 4.69) is 10.3 Å². The zero-order valence-electron chi connectivity index (χ0n) is 10.8. The zero-order chi connectivity index (χ0) is 15.0. The number of nitrogens with one attached hydrogen (secondary N) is 1. The molecule has 7 heteroatoms. The van der Waals surface area contributed by atoms with Crippen molar-refractivity contribution in [3.63, 3.8) is 0 Å². The molecule has 3 rings (SSSR count). The summed E-state index contributed by atoms with van der Waals surface area (Å²) < 4.78 is 37.7. The summed E-state index contributed by atoms with van der Waals surface area (Å²) in [7, 11) is 0. The van der Waals surface area contributed by atoms with Crippen LogP contribution in [0.2, 0.25) is 0 Å². The summed E-state index contributed by atoms with van der Waals surface area (Å²) in [5, 5.41) is 2.21. The summed E-state index contributed by atoms with van der Waals surface area (Å²) in [6, 6.07) is 5.34. The molecule has 0 saturated heterocycles. The highest BCUT2D eigenvalue weighted by Crippen LogP contribution is 2.33. The van der Waals surface area contributed by atoms with E-state index in [1.54, 1.807) is 12.1 Å². The zero-order valence-corrected chi connectivity index (χ0v) is 11.6. The quantitative estimate of drug-likeness (QED) is 0.867. The van der Waals surface area contributed by atoms with Gasteiger partial charge in [0.1, 0.15) is 0 Å². The van der Waals surface area contributed by atoms with E-state index < -0.39 is 11.2 Å². The van der Waals surface area contributed by atoms with Crippen molar-refractivity contribution in [2.75, 3.05) is 6.54 Å². The summed E-state index contributed by atoms with van der Waals surface area (Å²) in [6.07, 6.45) is -2.80. The first kappa shape index (κ1) is 14.2. The average molecular weight is 312 g/mol. The van der Waals surface area contributed by atoms with Gasteiger partial charge in [-0.2, -0.15) is 13.2 Å². The van der Waals surface area contributed by atoms with E-state index in [1.165, 1.54) is 0 Å². The van der Waals surface area contributed by atoms with Crippen LogP contribution in [-0.2, 0) is 19.1 Å². The van der Waals surface area contributed by atoms with Crippen molar-refractivity contribution in [1.29, 1.82) is 0 Å². The molecule has 0 aliphatic carbocycles. The second-order valence-electron chi connectivity index (χ2n) is 4.73. The third-order valence-electron chi connectivity index (χ3n) is 3.36. The van der Waals surface area contributed by atoms with Gasteiger partial charge in [0.2, 0.25) is 5.78 Å². The number of carbonyl (C=O) groups excluding carboxylic acids is 1. The van der Waals surface area contributed by atoms with Gasteiger partial charge in [-0.3, -0.25) is 4.79 Å². The maximum atomic E-state index is 12.6. The SMILES string of the molecule is O=C(c1cnc(C(F)(F)F)s1)c1cccc2c1CCNC2. The molecule has 1 aliphatic rings. The Kier molecular flexibility index (Phi) is 3.54. The van der Waals surface area contributed by atoms with Crippen LogP contribution in [0.5, 0.6) is 0 Å². The molecule has 0 radical (unpaired) electrons. The summed E-state index contributed by atoms with van der Waals surface area (Å²) in [5.41, 5.74) is 2.42. The van der Waals surface area contributed by atoms with Gasteiger partial charge in [-0.05, 0) is 24.1 Å². The van der Waals surface area contributed by atoms with Gasteiger partial charge >= 0.3 is 6.18 Å². The van der Waals surface area contributed by atoms with E-state index in [9.17, 15) is 18.0 Å². The van der Waals surface area contributed by atoms with Crippen LogP contribution in [-0.4, -0.2) is 17.3 Å². The second kappa shape index (κ2) is 5.23. The van der Waals surface area contributed by atoms with Gasteiger partial charge in [0.15, 0.2) is 5.01 Å². The average Bonchev–Trinajstić information content (AvgIpc) is 2.96. The molecule has 2 aromatic rings. The Balaban J connectivity index is 1.98. The topological polar surface area (TPSA) is 42.0 Å². The largest absolute Gasteiger partial charge is 0.443 e. The standard InChI is InChI=1S/C14H11F3N2OS/c15-14(16,17)13-19-7-11(21-13)12(20)10-3-1-2-8-6-18-5-4-9(8)10/h1-3,7,18H,4-6H2. The fraction of sp³-hybridized carbons (Fsp3) is 0.286. The number of hydrogen-bond donors (Lipinski definition) is 1. The Labute approximate surface area is 122 Å². The number of benzene rings is 1. The smallest absolute Gasteiger partial charge is 0.312 e. The van der Waals surface area contributed by atoms with Crippen LogP contribution in [0.1, 0.15) is 31.4 Å². The van der Waals surface area contributed by atoms with E-state index >= 15 is 0 Å². The third kappa shape index (κ3) is 2.71. The molecule has 0 bridgehead atoms. The van der Waals surface area contributed by atoms with Gasteiger partial charge in [-0.1, -0.05) is 18.2 Å². The van der Waals surface area contributed by atoms with Crippen LogP contribution in [0, 0.1) is 0 Å². The molecular formula is C14H11F3N2OS. The summed E-state index contributed by atoms with van der Waals surface area (Å²) in [4.78, 5) is 15.8. The summed E-state index contributed by atoms with van der Waals surface area (Å²) >= 11 is 0.392. The van der Waals surface area contributed by atoms with Crippen LogP contribution >= 0.6 is 11.3 Å². The van der Waals surface area contributed by atoms with Gasteiger partial charge in [-0.25, -0.2) is 4.98 Å². The number of thiazole rings is 1. The van der Waals surface area contributed by atoms with Crippen molar-refractivity contribution in [1.82, 2.24) is 10.3 Å². The number of ketones is 1. The minimum atomic E-state index is -4.51. The Morgan fingerprint density at radius 2 is 2.14 bits per heavy atom. The summed E-state index contributed by atoms with van der Waals surface area (Å²) in [5.74, 6) is -0.387. The fourth-order valence-corrected chi connectivity index (χ4v) is 3.13. The lowest BCUT2D eigenvalue weighted by Gasteiger charge is -2.19. The molecule has 0 unspecified atom stereocenters. The molecule has 2 heterocycles. The van der Waals surface area contributed by atoms with Crippen molar-refractivity contribution in [2.24, 2.45) is 0 Å². The van der Waals surface area contributed by atoms with Crippen molar-refractivity contribution in [3.05, 3.63) is 51.0 Å². The first-order valence-electron chi connectivity index (χ1n) is 6.36. The van der Waals surface area contributed by atoms with E-state index in [0.717, 1.165) is 23.9 Å². The molecule has 1 aliphatic heterocycles. The lowest BCUT2D eigenvalue weighted by molar-refractivity contribution is -0.137. The molecule has 0 saturated carbocycles. The lowest BCUT2D eigenvalue weighted by Crippen LogP contribution is -2.25. The highest BCUT2D eigenvalue weighted by atomic mass is 32.1. The van der Waals surface area contributed by atoms with Gasteiger partial charge in [0.25, 0.3) is 0 Å². The Morgan fingerprint density at radius 3 is 2.86 bits per heavy atom. The fourth-order valence-electron chi connectivity index (χ4n) is 2.39. The number of halogens is 3. The lowest BCUT2D eigenvalue weighted by atomic mass is 9.93. The van der Waals surface area contributed by atoms with Crippen molar-refractivity contribution in [3.8, 4) is 0 Å². The molecule has 0 fully saturated rings. The van der Waals surface area contributed by atoms with E-state index in [1.807, 2.05) is 6.07 Å². The van der Waals surface area contributed by atoms with E-state index in [4.69, 9.17) is 0 Å². The van der Waals surface area contributed by atoms with Crippen LogP contribution in [0.25, 0.3) is 0 Å². The monoisotopic (exact) mass is 312 g/mol. The Morgan fingerprint density at radius 1 is 1.33 bits per heavy atom. The first-order chi connectivity index (χ1) is 9.97. The summed E-state index contributed by atoms with van der Waals surface area (Å²) in [6.45, 7) is 1.43. The van der Waals surface area contributed by atoms with Gasteiger partial charge in [-0.15, -0.1) is 11.3 Å². The number of hydrogen-bond acceptors (Lipinski definition) is 4. The molecular weight excluding hydrogens is 301 g/mol. The molecule has 1 aromatic heterocycles. The third-order valence-corrected chi connectivity index (χ3v) is 4.40. The molecule has 0 amide bonds.